The fourth-order valence-electron chi connectivity index (χ4n) is 5.21. The average Bonchev–Trinajstić information content (AvgIpc) is 2.98. The molecule has 0 bridgehead atoms. The van der Waals surface area contributed by atoms with Crippen LogP contribution in [-0.4, -0.2) is 17.7 Å². The number of rotatable bonds is 24. The van der Waals surface area contributed by atoms with Gasteiger partial charge in [0.05, 0.1) is 11.8 Å². The molecule has 0 aromatic rings. The van der Waals surface area contributed by atoms with Crippen LogP contribution in [0, 0.1) is 0 Å². The molecule has 0 aromatic carbocycles. The third-order valence-corrected chi connectivity index (χ3v) is 9.33. The third kappa shape index (κ3) is 25.5. The summed E-state index contributed by atoms with van der Waals surface area (Å²) < 4.78 is 5.52. The maximum Gasteiger partial charge on any atom is 0.316 e. The molecule has 0 amide bonds. The van der Waals surface area contributed by atoms with Crippen LogP contribution in [0.4, 0.5) is 0 Å². The summed E-state index contributed by atoms with van der Waals surface area (Å²) in [6.07, 6.45) is 33.2. The van der Waals surface area contributed by atoms with Crippen molar-refractivity contribution in [2.24, 2.45) is 0 Å². The minimum atomic E-state index is -0.623. The zero-order valence-electron chi connectivity index (χ0n) is 32.6. The molecule has 0 spiro atoms. The highest BCUT2D eigenvalue weighted by molar-refractivity contribution is 7.21. The summed E-state index contributed by atoms with van der Waals surface area (Å²) in [5, 5.41) is -0.623. The summed E-state index contributed by atoms with van der Waals surface area (Å²) in [6, 6.07) is 0. The topological polar surface area (TPSA) is 26.3 Å². The predicted molar refractivity (Wildman–Crippen MR) is 215 cm³/mol. The molecule has 0 saturated carbocycles. The van der Waals surface area contributed by atoms with E-state index < -0.39 is 5.16 Å². The Labute approximate surface area is 295 Å². The van der Waals surface area contributed by atoms with E-state index in [1.807, 2.05) is 6.92 Å². The van der Waals surface area contributed by atoms with Crippen LogP contribution in [0.5, 0.6) is 0 Å². The zero-order valence-corrected chi connectivity index (χ0v) is 33.8. The summed E-state index contributed by atoms with van der Waals surface area (Å²) in [7, 11) is 2.84. The first-order chi connectivity index (χ1) is 22.2. The Morgan fingerprint density at radius 3 is 0.979 bits per heavy atom. The third-order valence-electron chi connectivity index (χ3n) is 8.62. The molecule has 47 heavy (non-hydrogen) atoms. The van der Waals surface area contributed by atoms with Gasteiger partial charge in [-0.1, -0.05) is 93.2 Å². The van der Waals surface area contributed by atoms with Crippen LogP contribution in [0.3, 0.4) is 0 Å². The Bertz CT molecular complexity index is 1080. The van der Waals surface area contributed by atoms with Crippen molar-refractivity contribution in [1.29, 1.82) is 0 Å². The lowest BCUT2D eigenvalue weighted by molar-refractivity contribution is -0.146. The van der Waals surface area contributed by atoms with Crippen molar-refractivity contribution in [3.8, 4) is 0 Å². The van der Waals surface area contributed by atoms with Gasteiger partial charge in [0.15, 0.2) is 0 Å². The molecule has 0 aliphatic rings. The van der Waals surface area contributed by atoms with Gasteiger partial charge in [0.2, 0.25) is 0 Å². The second kappa shape index (κ2) is 26.7. The molecule has 0 aliphatic heterocycles. The molecule has 266 valence electrons. The van der Waals surface area contributed by atoms with Crippen molar-refractivity contribution in [1.82, 2.24) is 0 Å². The molecule has 2 nitrogen and oxygen atoms in total. The molecular weight excluding hydrogens is 591 g/mol. The molecule has 0 rings (SSSR count). The van der Waals surface area contributed by atoms with E-state index in [0.29, 0.717) is 19.4 Å². The Morgan fingerprint density at radius 1 is 0.468 bits per heavy atom. The Hall–Kier alpha value is -2.18. The minimum absolute atomic E-state index is 0.127. The van der Waals surface area contributed by atoms with E-state index >= 15 is 0 Å². The molecule has 1 atom stereocenters. The van der Waals surface area contributed by atoms with Crippen molar-refractivity contribution >= 4 is 15.2 Å². The highest BCUT2D eigenvalue weighted by Gasteiger charge is 2.33. The molecule has 0 heterocycles. The van der Waals surface area contributed by atoms with Crippen LogP contribution in [0.2, 0.25) is 0 Å². The first-order valence-corrected chi connectivity index (χ1v) is 18.9. The Morgan fingerprint density at radius 2 is 0.723 bits per heavy atom. The van der Waals surface area contributed by atoms with Crippen LogP contribution < -0.4 is 0 Å². The first-order valence-electron chi connectivity index (χ1n) is 18.3. The Kier molecular flexibility index (Phi) is 25.5. The predicted octanol–water partition coefficient (Wildman–Crippen LogP) is 14.2. The lowest BCUT2D eigenvalue weighted by Gasteiger charge is -2.25. The van der Waals surface area contributed by atoms with E-state index in [0.717, 1.165) is 77.0 Å². The molecule has 0 N–H and O–H groups in total. The fraction of sp³-hybridized carbons (Fsp3) is 0.614. The van der Waals surface area contributed by atoms with Gasteiger partial charge in [-0.05, 0) is 166 Å². The van der Waals surface area contributed by atoms with Crippen molar-refractivity contribution in [2.75, 3.05) is 6.61 Å². The number of hydrogen-bond donors (Lipinski definition) is 0. The molecule has 1 unspecified atom stereocenters. The smallest absolute Gasteiger partial charge is 0.316 e. The molecule has 0 radical (unpaired) electrons. The van der Waals surface area contributed by atoms with E-state index in [9.17, 15) is 4.79 Å². The van der Waals surface area contributed by atoms with Gasteiger partial charge in [-0.2, -0.15) is 0 Å². The van der Waals surface area contributed by atoms with Gasteiger partial charge >= 0.3 is 5.97 Å². The summed E-state index contributed by atoms with van der Waals surface area (Å²) in [5.74, 6) is -0.127. The van der Waals surface area contributed by atoms with Crippen molar-refractivity contribution in [3.05, 3.63) is 93.2 Å². The van der Waals surface area contributed by atoms with E-state index in [2.05, 4.69) is 127 Å². The van der Waals surface area contributed by atoms with Gasteiger partial charge in [-0.15, -0.1) is 9.24 Å². The molecule has 0 aromatic heterocycles. The molecule has 3 heteroatoms. The van der Waals surface area contributed by atoms with Gasteiger partial charge in [0.1, 0.15) is 0 Å². The van der Waals surface area contributed by atoms with Crippen LogP contribution in [-0.2, 0) is 9.53 Å². The number of esters is 1. The Balaban J connectivity index is 4.91. The SMILES string of the molecule is CCOC(=O)C(P)(C/C=C(\C)CC/C=C(\C)CC/C=C(\C)CCC=C(C)C)C/C=C(\C)CC/C=C(\C)CC/C=C(\C)CCC=C(C)C. The van der Waals surface area contributed by atoms with Crippen molar-refractivity contribution < 1.29 is 9.53 Å². The number of allylic oxidation sites excluding steroid dienone is 16. The molecule has 0 fully saturated rings. The highest BCUT2D eigenvalue weighted by Crippen LogP contribution is 2.32. The number of hydrogen-bond acceptors (Lipinski definition) is 2. The van der Waals surface area contributed by atoms with E-state index in [4.69, 9.17) is 4.74 Å². The van der Waals surface area contributed by atoms with E-state index in [-0.39, 0.29) is 5.97 Å². The van der Waals surface area contributed by atoms with Crippen molar-refractivity contribution in [2.45, 2.75) is 171 Å². The molecule has 0 aliphatic carbocycles. The fourth-order valence-corrected chi connectivity index (χ4v) is 5.53. The van der Waals surface area contributed by atoms with Crippen molar-refractivity contribution in [3.63, 3.8) is 0 Å². The largest absolute Gasteiger partial charge is 0.465 e. The van der Waals surface area contributed by atoms with Crippen LogP contribution in [0.1, 0.15) is 166 Å². The summed E-state index contributed by atoms with van der Waals surface area (Å²) in [4.78, 5) is 13.0. The van der Waals surface area contributed by atoms with Gasteiger partial charge in [0.25, 0.3) is 0 Å². The number of carbonyl (C=O) groups excluding carboxylic acids is 1. The van der Waals surface area contributed by atoms with Gasteiger partial charge in [-0.25, -0.2) is 0 Å². The standard InChI is InChI=1S/C44H73O2P/c1-12-46-43(45)44(47,33-31-41(10)29-17-27-39(8)25-15-23-37(6)21-13-19-35(2)3)34-32-42(11)30-18-28-40(9)26-16-24-38(7)22-14-20-36(4)5/h19-20,23-24,27-28,31-32H,12-18,21-22,25-26,29-30,33-34,47H2,1-11H3/b37-23+,38-24+,39-27+,40-28+,41-31+,42-32+. The first kappa shape index (κ1) is 44.8. The molecular formula is C44H73O2P. The molecule has 0 saturated heterocycles. The second-order valence-corrected chi connectivity index (χ2v) is 15.5. The number of ether oxygens (including phenoxy) is 1. The summed E-state index contributed by atoms with van der Waals surface area (Å²) in [5.41, 5.74) is 11.4. The maximum absolute atomic E-state index is 13.0. The van der Waals surface area contributed by atoms with E-state index in [1.165, 1.54) is 44.6 Å². The summed E-state index contributed by atoms with van der Waals surface area (Å²) >= 11 is 0. The van der Waals surface area contributed by atoms with E-state index in [1.54, 1.807) is 0 Å². The lowest BCUT2D eigenvalue weighted by atomic mass is 9.95. The average molecular weight is 665 g/mol. The summed E-state index contributed by atoms with van der Waals surface area (Å²) in [6.45, 7) is 24.3. The zero-order chi connectivity index (χ0) is 35.7. The van der Waals surface area contributed by atoms with Gasteiger partial charge in [0, 0.05) is 0 Å². The number of carbonyl (C=O) groups is 1. The van der Waals surface area contributed by atoms with Gasteiger partial charge in [-0.3, -0.25) is 4.79 Å². The van der Waals surface area contributed by atoms with Gasteiger partial charge < -0.3 is 4.74 Å². The monoisotopic (exact) mass is 665 g/mol. The minimum Gasteiger partial charge on any atom is -0.465 e. The normalized spacial score (nSPS) is 14.0. The quantitative estimate of drug-likeness (QED) is 0.0583. The second-order valence-electron chi connectivity index (χ2n) is 14.4. The maximum atomic E-state index is 13.0. The van der Waals surface area contributed by atoms with Crippen LogP contribution in [0.15, 0.2) is 93.2 Å². The lowest BCUT2D eigenvalue weighted by Crippen LogP contribution is -2.33. The van der Waals surface area contributed by atoms with Crippen LogP contribution >= 0.6 is 9.24 Å². The highest BCUT2D eigenvalue weighted by atomic mass is 31.0. The van der Waals surface area contributed by atoms with Crippen LogP contribution in [0.25, 0.3) is 0 Å².